The van der Waals surface area contributed by atoms with Gasteiger partial charge in [-0.3, -0.25) is 0 Å². The number of allylic oxidation sites excluding steroid dienone is 10. The first-order chi connectivity index (χ1) is 13.2. The standard InChI is InChI=1S/C24H38O3/c1-3-5-6-7-8-9-10-11-12-13-14-15-16-17-18-19-20-21-22-27-23(4-2)24(25)26/h5-6,8-9,11-12,14-15,17-18,23H,3-4,7,10,13,16,19-22H2,1-2H3,(H,25,26)/b6-5-,9-8-,12-11-,15-14-,18-17-/t23-/m1/s1. The molecule has 0 fully saturated rings. The molecule has 0 rings (SSSR count). The smallest absolute Gasteiger partial charge is 0.332 e. The lowest BCUT2D eigenvalue weighted by Crippen LogP contribution is -2.23. The zero-order valence-corrected chi connectivity index (χ0v) is 17.2. The van der Waals surface area contributed by atoms with Gasteiger partial charge in [0.25, 0.3) is 0 Å². The van der Waals surface area contributed by atoms with Crippen LogP contribution in [0.15, 0.2) is 60.8 Å². The van der Waals surface area contributed by atoms with Crippen molar-refractivity contribution in [3.8, 4) is 0 Å². The van der Waals surface area contributed by atoms with Gasteiger partial charge in [0.1, 0.15) is 0 Å². The van der Waals surface area contributed by atoms with Crippen molar-refractivity contribution in [2.24, 2.45) is 0 Å². The monoisotopic (exact) mass is 374 g/mol. The molecule has 0 saturated carbocycles. The number of hydrogen-bond acceptors (Lipinski definition) is 2. The Labute approximate surface area is 166 Å². The minimum atomic E-state index is -0.865. The second-order valence-corrected chi connectivity index (χ2v) is 6.31. The average molecular weight is 375 g/mol. The average Bonchev–Trinajstić information content (AvgIpc) is 2.66. The van der Waals surface area contributed by atoms with Crippen molar-refractivity contribution in [2.45, 2.75) is 77.7 Å². The number of carboxylic acid groups (broad SMARTS) is 1. The van der Waals surface area contributed by atoms with Gasteiger partial charge in [0.15, 0.2) is 6.10 Å². The van der Waals surface area contributed by atoms with E-state index in [4.69, 9.17) is 9.84 Å². The molecule has 152 valence electrons. The fourth-order valence-corrected chi connectivity index (χ4v) is 2.32. The summed E-state index contributed by atoms with van der Waals surface area (Å²) in [5.41, 5.74) is 0. The lowest BCUT2D eigenvalue weighted by atomic mass is 10.2. The summed E-state index contributed by atoms with van der Waals surface area (Å²) in [4.78, 5) is 10.8. The molecule has 27 heavy (non-hydrogen) atoms. The van der Waals surface area contributed by atoms with Gasteiger partial charge in [-0.25, -0.2) is 4.79 Å². The lowest BCUT2D eigenvalue weighted by Gasteiger charge is -2.10. The van der Waals surface area contributed by atoms with Crippen LogP contribution in [0.1, 0.15) is 71.6 Å². The molecule has 0 aromatic carbocycles. The quantitative estimate of drug-likeness (QED) is 0.225. The molecule has 0 radical (unpaired) electrons. The lowest BCUT2D eigenvalue weighted by molar-refractivity contribution is -0.150. The van der Waals surface area contributed by atoms with Crippen LogP contribution in [-0.2, 0) is 9.53 Å². The van der Waals surface area contributed by atoms with Gasteiger partial charge in [0.2, 0.25) is 0 Å². The highest BCUT2D eigenvalue weighted by molar-refractivity contribution is 5.72. The Morgan fingerprint density at radius 2 is 1.26 bits per heavy atom. The Morgan fingerprint density at radius 1 is 0.778 bits per heavy atom. The molecule has 0 unspecified atom stereocenters. The summed E-state index contributed by atoms with van der Waals surface area (Å²) >= 11 is 0. The largest absolute Gasteiger partial charge is 0.479 e. The molecule has 0 bridgehead atoms. The predicted octanol–water partition coefficient (Wildman–Crippen LogP) is 6.79. The molecule has 3 heteroatoms. The van der Waals surface area contributed by atoms with E-state index in [1.165, 1.54) is 0 Å². The van der Waals surface area contributed by atoms with Gasteiger partial charge in [-0.15, -0.1) is 0 Å². The molecule has 1 N–H and O–H groups in total. The number of ether oxygens (including phenoxy) is 1. The third-order valence-electron chi connectivity index (χ3n) is 3.89. The second kappa shape index (κ2) is 20.4. The summed E-state index contributed by atoms with van der Waals surface area (Å²) in [6.07, 6.45) is 29.9. The molecule has 3 nitrogen and oxygen atoms in total. The Morgan fingerprint density at radius 3 is 1.70 bits per heavy atom. The van der Waals surface area contributed by atoms with Crippen LogP contribution in [0, 0.1) is 0 Å². The highest BCUT2D eigenvalue weighted by atomic mass is 16.5. The summed E-state index contributed by atoms with van der Waals surface area (Å²) < 4.78 is 5.33. The molecular weight excluding hydrogens is 336 g/mol. The maximum atomic E-state index is 10.8. The summed E-state index contributed by atoms with van der Waals surface area (Å²) in [6.45, 7) is 4.50. The van der Waals surface area contributed by atoms with Crippen molar-refractivity contribution in [3.05, 3.63) is 60.8 Å². The van der Waals surface area contributed by atoms with Gasteiger partial charge in [-0.2, -0.15) is 0 Å². The van der Waals surface area contributed by atoms with E-state index in [1.807, 2.05) is 6.92 Å². The molecule has 0 amide bonds. The third kappa shape index (κ3) is 18.7. The highest BCUT2D eigenvalue weighted by Crippen LogP contribution is 2.03. The summed E-state index contributed by atoms with van der Waals surface area (Å²) in [5, 5.41) is 8.87. The van der Waals surface area contributed by atoms with Crippen LogP contribution in [0.25, 0.3) is 0 Å². The Balaban J connectivity index is 3.51. The second-order valence-electron chi connectivity index (χ2n) is 6.31. The number of rotatable bonds is 17. The molecule has 0 aromatic rings. The maximum Gasteiger partial charge on any atom is 0.332 e. The fourth-order valence-electron chi connectivity index (χ4n) is 2.32. The van der Waals surface area contributed by atoms with E-state index >= 15 is 0 Å². The zero-order valence-electron chi connectivity index (χ0n) is 17.2. The minimum absolute atomic E-state index is 0.518. The number of carbonyl (C=O) groups is 1. The molecule has 0 aliphatic heterocycles. The van der Waals surface area contributed by atoms with Crippen molar-refractivity contribution in [1.82, 2.24) is 0 Å². The number of hydrogen-bond donors (Lipinski definition) is 1. The molecule has 0 spiro atoms. The van der Waals surface area contributed by atoms with Crippen molar-refractivity contribution in [2.75, 3.05) is 6.61 Å². The third-order valence-corrected chi connectivity index (χ3v) is 3.89. The molecule has 0 aliphatic rings. The van der Waals surface area contributed by atoms with E-state index in [-0.39, 0.29) is 0 Å². The van der Waals surface area contributed by atoms with Crippen LogP contribution in [0.2, 0.25) is 0 Å². The summed E-state index contributed by atoms with van der Waals surface area (Å²) in [6, 6.07) is 0. The normalized spacial score (nSPS) is 13.9. The first-order valence-electron chi connectivity index (χ1n) is 10.3. The highest BCUT2D eigenvalue weighted by Gasteiger charge is 2.14. The van der Waals surface area contributed by atoms with Crippen LogP contribution in [-0.4, -0.2) is 23.8 Å². The van der Waals surface area contributed by atoms with Crippen LogP contribution < -0.4 is 0 Å². The van der Waals surface area contributed by atoms with Gasteiger partial charge in [-0.05, 0) is 57.8 Å². The van der Waals surface area contributed by atoms with Gasteiger partial charge >= 0.3 is 5.97 Å². The molecule has 0 heterocycles. The van der Waals surface area contributed by atoms with Crippen LogP contribution in [0.4, 0.5) is 0 Å². The molecule has 0 aliphatic carbocycles. The fraction of sp³-hybridized carbons (Fsp3) is 0.542. The molecule has 1 atom stereocenters. The van der Waals surface area contributed by atoms with E-state index in [2.05, 4.69) is 67.7 Å². The molecule has 0 saturated heterocycles. The van der Waals surface area contributed by atoms with E-state index in [0.717, 1.165) is 51.4 Å². The first-order valence-corrected chi connectivity index (χ1v) is 10.3. The van der Waals surface area contributed by atoms with Crippen LogP contribution in [0.5, 0.6) is 0 Å². The van der Waals surface area contributed by atoms with Gasteiger partial charge < -0.3 is 9.84 Å². The topological polar surface area (TPSA) is 46.5 Å². The SMILES string of the molecule is CC/C=C\C/C=C\C/C=C\C/C=C\C/C=C\CCCCO[C@H](CC)C(=O)O. The Hall–Kier alpha value is -1.87. The first kappa shape index (κ1) is 25.1. The maximum absolute atomic E-state index is 10.8. The number of aliphatic carboxylic acids is 1. The van der Waals surface area contributed by atoms with E-state index in [9.17, 15) is 4.79 Å². The number of unbranched alkanes of at least 4 members (excludes halogenated alkanes) is 2. The summed E-state index contributed by atoms with van der Waals surface area (Å²) in [5.74, 6) is -0.865. The van der Waals surface area contributed by atoms with Crippen molar-refractivity contribution in [1.29, 1.82) is 0 Å². The minimum Gasteiger partial charge on any atom is -0.479 e. The van der Waals surface area contributed by atoms with Gasteiger partial charge in [-0.1, -0.05) is 74.6 Å². The van der Waals surface area contributed by atoms with E-state index in [0.29, 0.717) is 13.0 Å². The van der Waals surface area contributed by atoms with E-state index < -0.39 is 12.1 Å². The molecular formula is C24H38O3. The zero-order chi connectivity index (χ0) is 20.0. The van der Waals surface area contributed by atoms with Gasteiger partial charge in [0, 0.05) is 6.61 Å². The van der Waals surface area contributed by atoms with Crippen molar-refractivity contribution >= 4 is 5.97 Å². The Bertz CT molecular complexity index is 484. The summed E-state index contributed by atoms with van der Waals surface area (Å²) in [7, 11) is 0. The predicted molar refractivity (Wildman–Crippen MR) is 116 cm³/mol. The van der Waals surface area contributed by atoms with Crippen LogP contribution >= 0.6 is 0 Å². The van der Waals surface area contributed by atoms with Crippen LogP contribution in [0.3, 0.4) is 0 Å². The molecule has 0 aromatic heterocycles. The van der Waals surface area contributed by atoms with Gasteiger partial charge in [0.05, 0.1) is 0 Å². The number of carboxylic acids is 1. The van der Waals surface area contributed by atoms with E-state index in [1.54, 1.807) is 0 Å². The van der Waals surface area contributed by atoms with Crippen molar-refractivity contribution in [3.63, 3.8) is 0 Å². The Kier molecular flexibility index (Phi) is 19.0. The van der Waals surface area contributed by atoms with Crippen molar-refractivity contribution < 1.29 is 14.6 Å².